The number of carbonyl (C=O) groups excluding carboxylic acids is 1. The molecule has 2 heterocycles. The second-order valence-corrected chi connectivity index (χ2v) is 17.5. The Balaban J connectivity index is 1.25. The summed E-state index contributed by atoms with van der Waals surface area (Å²) in [5, 5.41) is 29.5. The molecule has 2 aliphatic heterocycles. The lowest BCUT2D eigenvalue weighted by Crippen LogP contribution is -2.55. The van der Waals surface area contributed by atoms with Crippen molar-refractivity contribution in [2.45, 2.75) is 91.4 Å². The number of allylic oxidation sites excluding steroid dienone is 2. The lowest BCUT2D eigenvalue weighted by Gasteiger charge is -2.51. The van der Waals surface area contributed by atoms with E-state index in [4.69, 9.17) is 4.99 Å². The normalized spacial score (nSPS) is 30.8. The first kappa shape index (κ1) is 29.8. The van der Waals surface area contributed by atoms with Crippen LogP contribution in [0, 0.1) is 22.7 Å². The highest BCUT2D eigenvalue weighted by Gasteiger charge is 2.48. The van der Waals surface area contributed by atoms with E-state index in [0.29, 0.717) is 23.0 Å². The molecule has 4 aromatic carbocycles. The number of ketones is 1. The number of aliphatic hydroxyl groups excluding tert-OH is 1. The second-order valence-electron chi connectivity index (χ2n) is 17.5. The van der Waals surface area contributed by atoms with Crippen LogP contribution < -0.4 is 26.5 Å². The van der Waals surface area contributed by atoms with Crippen LogP contribution in [-0.4, -0.2) is 22.2 Å². The molecule has 6 nitrogen and oxygen atoms in total. The van der Waals surface area contributed by atoms with Crippen molar-refractivity contribution in [1.82, 2.24) is 0 Å². The van der Waals surface area contributed by atoms with Crippen molar-refractivity contribution in [3.8, 4) is 0 Å². The number of nitrogens with zero attached hydrogens (tertiary/aromatic N) is 1. The van der Waals surface area contributed by atoms with Gasteiger partial charge in [-0.15, -0.1) is 0 Å². The third-order valence-electron chi connectivity index (χ3n) is 11.7. The van der Waals surface area contributed by atoms with E-state index >= 15 is 0 Å². The monoisotopic (exact) mass is 638 g/mol. The van der Waals surface area contributed by atoms with Gasteiger partial charge in [0, 0.05) is 32.9 Å². The third-order valence-corrected chi connectivity index (χ3v) is 11.7. The number of Topliss-reactive ketones (excluding diaryl/α,β-unsaturated/α-hetero) is 1. The quantitative estimate of drug-likeness (QED) is 0.168. The molecule has 4 unspecified atom stereocenters. The maximum Gasteiger partial charge on any atom is 0.201 e. The first-order chi connectivity index (χ1) is 22.8. The minimum Gasteiger partial charge on any atom is -0.506 e. The molecule has 4 atom stereocenters. The zero-order valence-corrected chi connectivity index (χ0v) is 29.0. The predicted octanol–water partition coefficient (Wildman–Crippen LogP) is 8.66. The molecule has 48 heavy (non-hydrogen) atoms. The Morgan fingerprint density at radius 3 is 2.04 bits per heavy atom. The summed E-state index contributed by atoms with van der Waals surface area (Å²) in [6, 6.07) is 20.8. The molecule has 9 rings (SSSR count). The minimum absolute atomic E-state index is 0.0630. The lowest BCUT2D eigenvalue weighted by molar-refractivity contribution is -0.109. The van der Waals surface area contributed by atoms with Crippen molar-refractivity contribution in [3.63, 3.8) is 0 Å². The number of carbonyl (C=O) groups is 1. The van der Waals surface area contributed by atoms with Gasteiger partial charge in [0.1, 0.15) is 17.1 Å². The lowest BCUT2D eigenvalue weighted by atomic mass is 9.67. The molecule has 3 aliphatic carbocycles. The van der Waals surface area contributed by atoms with E-state index in [-0.39, 0.29) is 28.0 Å². The summed E-state index contributed by atoms with van der Waals surface area (Å²) >= 11 is 0. The maximum atomic E-state index is 14.5. The molecule has 2 saturated carbocycles. The second kappa shape index (κ2) is 9.64. The highest BCUT2D eigenvalue weighted by molar-refractivity contribution is 6.52. The van der Waals surface area contributed by atoms with Crippen LogP contribution in [0.4, 0.5) is 17.1 Å². The van der Waals surface area contributed by atoms with Crippen LogP contribution in [-0.2, 0) is 4.79 Å². The molecule has 2 spiro atoms. The topological polar surface area (TPSA) is 85.8 Å². The fraction of sp³-hybridized carbons (Fsp3) is 0.429. The van der Waals surface area contributed by atoms with Gasteiger partial charge in [0.2, 0.25) is 5.78 Å². The van der Waals surface area contributed by atoms with E-state index in [1.165, 1.54) is 6.42 Å². The van der Waals surface area contributed by atoms with Crippen molar-refractivity contribution < 1.29 is 9.90 Å². The summed E-state index contributed by atoms with van der Waals surface area (Å²) in [4.78, 5) is 20.0. The van der Waals surface area contributed by atoms with E-state index in [0.717, 1.165) is 86.9 Å². The number of anilines is 3. The van der Waals surface area contributed by atoms with Crippen LogP contribution in [0.3, 0.4) is 0 Å². The fourth-order valence-electron chi connectivity index (χ4n) is 11.0. The van der Waals surface area contributed by atoms with E-state index in [1.807, 2.05) is 12.1 Å². The van der Waals surface area contributed by atoms with Crippen LogP contribution in [0.25, 0.3) is 32.7 Å². The van der Waals surface area contributed by atoms with Gasteiger partial charge >= 0.3 is 0 Å². The van der Waals surface area contributed by atoms with Crippen molar-refractivity contribution >= 4 is 55.5 Å². The van der Waals surface area contributed by atoms with Gasteiger partial charge in [-0.25, -0.2) is 0 Å². The van der Waals surface area contributed by atoms with Crippen LogP contribution in [0.5, 0.6) is 0 Å². The first-order valence-corrected chi connectivity index (χ1v) is 17.8. The minimum atomic E-state index is -0.455. The van der Waals surface area contributed by atoms with Gasteiger partial charge in [0.15, 0.2) is 0 Å². The van der Waals surface area contributed by atoms with Gasteiger partial charge in [0.05, 0.1) is 22.2 Å². The molecule has 4 N–H and O–H groups in total. The summed E-state index contributed by atoms with van der Waals surface area (Å²) in [5.74, 6) is 0.982. The molecule has 0 bridgehead atoms. The van der Waals surface area contributed by atoms with E-state index in [1.54, 1.807) is 0 Å². The molecule has 0 radical (unpaired) electrons. The van der Waals surface area contributed by atoms with Crippen LogP contribution in [0.15, 0.2) is 71.4 Å². The zero-order valence-electron chi connectivity index (χ0n) is 29.0. The first-order valence-electron chi connectivity index (χ1n) is 17.8. The number of aliphatic hydroxyl groups is 1. The van der Waals surface area contributed by atoms with Crippen molar-refractivity contribution in [3.05, 3.63) is 82.6 Å². The Hall–Kier alpha value is -4.32. The van der Waals surface area contributed by atoms with Crippen molar-refractivity contribution in [2.75, 3.05) is 16.0 Å². The Morgan fingerprint density at radius 2 is 1.35 bits per heavy atom. The number of benzene rings is 4. The summed E-state index contributed by atoms with van der Waals surface area (Å²) < 4.78 is 0. The Labute approximate surface area is 282 Å². The molecule has 246 valence electrons. The predicted molar refractivity (Wildman–Crippen MR) is 197 cm³/mol. The SMILES string of the molecule is CC1CC(C)(C)CC2(C1)N=c1c(=C3C(=O)C(c4ccc5cccc6c5c4NC4(CC(C)CC(C)(C)C4)N6)=C3O)ccc3cccc(c13)N2. The van der Waals surface area contributed by atoms with Gasteiger partial charge in [0.25, 0.3) is 0 Å². The Morgan fingerprint density at radius 1 is 0.708 bits per heavy atom. The highest BCUT2D eigenvalue weighted by Crippen LogP contribution is 2.52. The molecule has 0 aromatic heterocycles. The molecule has 5 aliphatic rings. The average Bonchev–Trinajstić information content (AvgIpc) is 2.97. The summed E-state index contributed by atoms with van der Waals surface area (Å²) in [6.45, 7) is 14.0. The maximum absolute atomic E-state index is 14.5. The van der Waals surface area contributed by atoms with Gasteiger partial charge < -0.3 is 21.1 Å². The van der Waals surface area contributed by atoms with E-state index < -0.39 is 5.66 Å². The number of hydrogen-bond acceptors (Lipinski definition) is 6. The average molecular weight is 639 g/mol. The molecule has 4 aromatic rings. The molecular formula is C42H46N4O2. The largest absolute Gasteiger partial charge is 0.506 e. The number of hydrogen-bond donors (Lipinski definition) is 4. The van der Waals surface area contributed by atoms with Crippen molar-refractivity contribution in [2.24, 2.45) is 27.7 Å². The standard InChI is InChI=1S/C42H46N4O2/c1-23-17-39(3,4)21-41(19-23)43-29-11-7-9-25-13-15-27(35(45-41)31(25)29)33-37(47)34(38(33)48)28-16-14-26-10-8-12-30-32(26)36(28)46-42(44-30)20-24(2)18-40(5,6)22-42/h7-16,23-24,43-45,47H,17-22H2,1-6H3. The van der Waals surface area contributed by atoms with E-state index in [9.17, 15) is 9.90 Å². The smallest absolute Gasteiger partial charge is 0.201 e. The van der Waals surface area contributed by atoms with Crippen LogP contribution in [0.2, 0.25) is 0 Å². The summed E-state index contributed by atoms with van der Waals surface area (Å²) in [7, 11) is 0. The molecule has 2 fully saturated rings. The summed E-state index contributed by atoms with van der Waals surface area (Å²) in [5.41, 5.74) is 4.10. The molecule has 0 saturated heterocycles. The molecule has 6 heteroatoms. The fourth-order valence-corrected chi connectivity index (χ4v) is 11.0. The summed E-state index contributed by atoms with van der Waals surface area (Å²) in [6.07, 6.45) is 6.10. The highest BCUT2D eigenvalue weighted by atomic mass is 16.3. The third kappa shape index (κ3) is 4.37. The van der Waals surface area contributed by atoms with Crippen LogP contribution >= 0.6 is 0 Å². The molecule has 0 amide bonds. The van der Waals surface area contributed by atoms with Crippen molar-refractivity contribution in [1.29, 1.82) is 0 Å². The zero-order chi connectivity index (χ0) is 33.4. The Bertz CT molecular complexity index is 2260. The molecular weight excluding hydrogens is 592 g/mol. The Kier molecular flexibility index (Phi) is 5.99. The van der Waals surface area contributed by atoms with E-state index in [2.05, 4.69) is 106 Å². The van der Waals surface area contributed by atoms with Gasteiger partial charge in [-0.2, -0.15) is 0 Å². The van der Waals surface area contributed by atoms with Gasteiger partial charge in [-0.1, -0.05) is 90.1 Å². The van der Waals surface area contributed by atoms with Crippen LogP contribution in [0.1, 0.15) is 85.6 Å². The number of rotatable bonds is 1. The van der Waals surface area contributed by atoms with Gasteiger partial charge in [-0.3, -0.25) is 9.79 Å². The number of nitrogens with one attached hydrogen (secondary N) is 3. The van der Waals surface area contributed by atoms with Gasteiger partial charge in [-0.05, 0) is 84.1 Å².